The van der Waals surface area contributed by atoms with Crippen LogP contribution in [-0.4, -0.2) is 70.0 Å². The van der Waals surface area contributed by atoms with Crippen LogP contribution in [0, 0.1) is 0 Å². The smallest absolute Gasteiger partial charge is 0.306 e. The van der Waals surface area contributed by atoms with Crippen molar-refractivity contribution in [3.8, 4) is 0 Å². The Balaban J connectivity index is 4.06. The van der Waals surface area contributed by atoms with E-state index in [1.165, 1.54) is 109 Å². The van der Waals surface area contributed by atoms with E-state index < -0.39 is 32.5 Å². The van der Waals surface area contributed by atoms with Crippen molar-refractivity contribution in [3.05, 3.63) is 146 Å². The van der Waals surface area contributed by atoms with Gasteiger partial charge in [-0.1, -0.05) is 275 Å². The molecule has 0 bridgehead atoms. The molecule has 0 aromatic rings. The molecule has 0 aliphatic carbocycles. The zero-order valence-corrected chi connectivity index (χ0v) is 55.2. The van der Waals surface area contributed by atoms with Crippen LogP contribution in [0.3, 0.4) is 0 Å². The molecule has 0 saturated carbocycles. The van der Waals surface area contributed by atoms with Crippen molar-refractivity contribution < 1.29 is 42.1 Å². The fourth-order valence-corrected chi connectivity index (χ4v) is 9.51. The normalized spacial score (nSPS) is 14.1. The van der Waals surface area contributed by atoms with Crippen LogP contribution in [0.25, 0.3) is 0 Å². The maximum absolute atomic E-state index is 12.8. The topological polar surface area (TPSA) is 111 Å². The van der Waals surface area contributed by atoms with Crippen LogP contribution in [0.4, 0.5) is 0 Å². The van der Waals surface area contributed by atoms with Crippen molar-refractivity contribution in [2.75, 3.05) is 47.5 Å². The van der Waals surface area contributed by atoms with E-state index in [0.717, 1.165) is 109 Å². The number of carbonyl (C=O) groups excluding carboxylic acids is 2. The number of rotatable bonds is 60. The van der Waals surface area contributed by atoms with E-state index >= 15 is 0 Å². The number of unbranched alkanes of at least 4 members (excludes halogenated alkanes) is 22. The molecule has 0 aliphatic heterocycles. The molecular weight excluding hydrogens is 1060 g/mol. The summed E-state index contributed by atoms with van der Waals surface area (Å²) < 4.78 is 34.2. The molecule has 2 atom stereocenters. The summed E-state index contributed by atoms with van der Waals surface area (Å²) in [5.74, 6) is -0.886. The molecule has 10 heteroatoms. The molecule has 0 rings (SSSR count). The molecule has 9 nitrogen and oxygen atoms in total. The van der Waals surface area contributed by atoms with Crippen LogP contribution in [0.5, 0.6) is 0 Å². The molecule has 0 saturated heterocycles. The number of allylic oxidation sites excluding steroid dienone is 24. The van der Waals surface area contributed by atoms with Crippen molar-refractivity contribution in [3.63, 3.8) is 0 Å². The molecule has 2 unspecified atom stereocenters. The number of nitrogens with zero attached hydrogens (tertiary/aromatic N) is 1. The Morgan fingerprint density at radius 3 is 0.976 bits per heavy atom. The summed E-state index contributed by atoms with van der Waals surface area (Å²) >= 11 is 0. The third kappa shape index (κ3) is 67.0. The number of likely N-dealkylation sites (N-methyl/N-ethyl adjacent to an activating group) is 1. The van der Waals surface area contributed by atoms with Crippen molar-refractivity contribution in [2.24, 2.45) is 0 Å². The van der Waals surface area contributed by atoms with Gasteiger partial charge in [-0.05, 0) is 116 Å². The molecule has 478 valence electrons. The van der Waals surface area contributed by atoms with E-state index in [1.54, 1.807) is 0 Å². The number of ether oxygens (including phenoxy) is 2. The van der Waals surface area contributed by atoms with Crippen molar-refractivity contribution in [1.82, 2.24) is 0 Å². The summed E-state index contributed by atoms with van der Waals surface area (Å²) in [5, 5.41) is 0. The first-order valence-corrected chi connectivity index (χ1v) is 35.0. The molecule has 0 aliphatic rings. The molecule has 0 aromatic heterocycles. The highest BCUT2D eigenvalue weighted by Gasteiger charge is 2.22. The van der Waals surface area contributed by atoms with E-state index in [1.807, 2.05) is 21.1 Å². The van der Waals surface area contributed by atoms with E-state index in [2.05, 4.69) is 160 Å². The van der Waals surface area contributed by atoms with Gasteiger partial charge in [0.1, 0.15) is 19.8 Å². The van der Waals surface area contributed by atoms with Crippen molar-refractivity contribution >= 4 is 19.8 Å². The first-order valence-electron chi connectivity index (χ1n) is 33.5. The molecule has 0 N–H and O–H groups in total. The summed E-state index contributed by atoms with van der Waals surface area (Å²) in [4.78, 5) is 38.0. The summed E-state index contributed by atoms with van der Waals surface area (Å²) in [6.07, 6.45) is 93.6. The number of carbonyl (C=O) groups is 2. The van der Waals surface area contributed by atoms with Gasteiger partial charge in [0.25, 0.3) is 7.82 Å². The molecule has 0 aromatic carbocycles. The second-order valence-corrected chi connectivity index (χ2v) is 24.5. The lowest BCUT2D eigenvalue weighted by molar-refractivity contribution is -0.870. The Hall–Kier alpha value is -4.11. The fourth-order valence-electron chi connectivity index (χ4n) is 8.78. The number of phosphoric ester groups is 1. The Labute approximate surface area is 516 Å². The Bertz CT molecular complexity index is 1930. The van der Waals surface area contributed by atoms with Gasteiger partial charge < -0.3 is 27.9 Å². The lowest BCUT2D eigenvalue weighted by Crippen LogP contribution is -2.37. The molecule has 0 fully saturated rings. The highest BCUT2D eigenvalue weighted by molar-refractivity contribution is 7.45. The highest BCUT2D eigenvalue weighted by atomic mass is 31.2. The van der Waals surface area contributed by atoms with Gasteiger partial charge in [0.2, 0.25) is 0 Å². The first kappa shape index (κ1) is 79.9. The number of hydrogen-bond acceptors (Lipinski definition) is 8. The van der Waals surface area contributed by atoms with Crippen LogP contribution < -0.4 is 4.89 Å². The van der Waals surface area contributed by atoms with Crippen LogP contribution in [0.2, 0.25) is 0 Å². The lowest BCUT2D eigenvalue weighted by atomic mass is 10.0. The molecule has 84 heavy (non-hydrogen) atoms. The van der Waals surface area contributed by atoms with E-state index in [0.29, 0.717) is 23.9 Å². The third-order valence-corrected chi connectivity index (χ3v) is 14.8. The monoisotopic (exact) mass is 1190 g/mol. The Morgan fingerprint density at radius 1 is 0.369 bits per heavy atom. The zero-order valence-electron chi connectivity index (χ0n) is 54.3. The first-order chi connectivity index (χ1) is 41.0. The largest absolute Gasteiger partial charge is 0.756 e. The average Bonchev–Trinajstić information content (AvgIpc) is 3.61. The highest BCUT2D eigenvalue weighted by Crippen LogP contribution is 2.38. The minimum atomic E-state index is -4.66. The Kier molecular flexibility index (Phi) is 60.3. The van der Waals surface area contributed by atoms with Gasteiger partial charge in [-0.25, -0.2) is 0 Å². The zero-order chi connectivity index (χ0) is 61.2. The van der Waals surface area contributed by atoms with Gasteiger partial charge in [0.15, 0.2) is 6.10 Å². The molecule has 0 amide bonds. The minimum absolute atomic E-state index is 0.0438. The number of hydrogen-bond donors (Lipinski definition) is 0. The summed E-state index contributed by atoms with van der Waals surface area (Å²) in [7, 11) is 1.13. The van der Waals surface area contributed by atoms with Gasteiger partial charge >= 0.3 is 11.9 Å². The van der Waals surface area contributed by atoms with Crippen LogP contribution in [-0.2, 0) is 32.7 Å². The van der Waals surface area contributed by atoms with Crippen molar-refractivity contribution in [2.45, 2.75) is 264 Å². The SMILES string of the molecule is CC/C=C\C/C=C\C/C=C\C/C=C\C/C=C\C/C=C\CCCCCCCCCCCCCCCCCCCCCCC(=O)OC(COC(=O)CCCC/C=C\C/C=C\C/C=C\C/C=C\C/C=C\C/C=C\CC)COP(=O)([O-])OCC[N+](C)(C)C. The number of esters is 2. The molecule has 0 heterocycles. The van der Waals surface area contributed by atoms with Gasteiger partial charge in [0, 0.05) is 12.8 Å². The number of quaternary nitrogens is 1. The van der Waals surface area contributed by atoms with E-state index in [4.69, 9.17) is 18.5 Å². The maximum Gasteiger partial charge on any atom is 0.306 e. The second kappa shape index (κ2) is 63.4. The van der Waals surface area contributed by atoms with Crippen molar-refractivity contribution in [1.29, 1.82) is 0 Å². The quantitative estimate of drug-likeness (QED) is 0.0195. The molecule has 0 spiro atoms. The predicted molar refractivity (Wildman–Crippen MR) is 360 cm³/mol. The average molecular weight is 1190 g/mol. The lowest BCUT2D eigenvalue weighted by Gasteiger charge is -2.28. The van der Waals surface area contributed by atoms with Gasteiger partial charge in [-0.2, -0.15) is 0 Å². The predicted octanol–water partition coefficient (Wildman–Crippen LogP) is 21.2. The standard InChI is InChI=1S/C74H124NO8P/c1-6-8-10-12-14-16-18-20-22-24-26-28-29-30-31-32-33-34-35-36-37-38-39-40-41-42-43-44-45-47-49-51-53-55-57-59-61-63-65-67-74(77)83-72(71-82-84(78,79)81-69-68-75(3,4)5)70-80-73(76)66-64-62-60-58-56-54-52-50-48-46-27-25-23-21-19-17-15-13-11-9-7-2/h8-11,14-17,20-23,26-28,30-31,33-34,46,50,52,56,58,72H,6-7,12-13,18-19,24-25,29,32,35-45,47-49,51,53-55,57,59-71H2,1-5H3/b10-8-,11-9-,16-14-,17-15-,22-20-,23-21-,28-26-,31-30-,34-33-,46-27-,52-50-,58-56-. The minimum Gasteiger partial charge on any atom is -0.756 e. The summed E-state index contributed by atoms with van der Waals surface area (Å²) in [5.41, 5.74) is 0. The third-order valence-electron chi connectivity index (χ3n) is 13.9. The van der Waals surface area contributed by atoms with E-state index in [9.17, 15) is 19.0 Å². The second-order valence-electron chi connectivity index (χ2n) is 23.1. The maximum atomic E-state index is 12.8. The van der Waals surface area contributed by atoms with E-state index in [-0.39, 0.29) is 26.1 Å². The Morgan fingerprint density at radius 2 is 0.643 bits per heavy atom. The molecule has 0 radical (unpaired) electrons. The van der Waals surface area contributed by atoms with Gasteiger partial charge in [0.05, 0.1) is 27.7 Å². The van der Waals surface area contributed by atoms with Crippen LogP contribution >= 0.6 is 7.82 Å². The summed E-state index contributed by atoms with van der Waals surface area (Å²) in [6.45, 7) is 3.96. The fraction of sp³-hybridized carbons (Fsp3) is 0.649. The van der Waals surface area contributed by atoms with Crippen LogP contribution in [0.1, 0.15) is 258 Å². The summed E-state index contributed by atoms with van der Waals surface area (Å²) in [6, 6.07) is 0. The molecular formula is C74H124NO8P. The van der Waals surface area contributed by atoms with Gasteiger partial charge in [-0.15, -0.1) is 0 Å². The van der Waals surface area contributed by atoms with Gasteiger partial charge in [-0.3, -0.25) is 14.2 Å². The van der Waals surface area contributed by atoms with Crippen LogP contribution in [0.15, 0.2) is 146 Å². The number of phosphoric acid groups is 1.